The Kier molecular flexibility index (Phi) is 6.59. The van der Waals surface area contributed by atoms with Gasteiger partial charge >= 0.3 is 12.2 Å². The molecule has 0 unspecified atom stereocenters. The minimum atomic E-state index is -4.53. The van der Waals surface area contributed by atoms with Crippen LogP contribution in [0.2, 0.25) is 0 Å². The molecular formula is C28H24F3N6O4+. The van der Waals surface area contributed by atoms with E-state index >= 15 is 0 Å². The zero-order chi connectivity index (χ0) is 28.6. The molecule has 2 bridgehead atoms. The zero-order valence-corrected chi connectivity index (χ0v) is 21.4. The molecule has 10 nitrogen and oxygen atoms in total. The van der Waals surface area contributed by atoms with Gasteiger partial charge in [0, 0.05) is 29.6 Å². The number of urea groups is 1. The molecule has 4 aromatic rings. The van der Waals surface area contributed by atoms with E-state index < -0.39 is 17.8 Å². The van der Waals surface area contributed by atoms with E-state index in [1.54, 1.807) is 54.6 Å². The van der Waals surface area contributed by atoms with Gasteiger partial charge in [-0.15, -0.1) is 0 Å². The van der Waals surface area contributed by atoms with Crippen LogP contribution >= 0.6 is 0 Å². The lowest BCUT2D eigenvalue weighted by Gasteiger charge is -2.49. The van der Waals surface area contributed by atoms with Gasteiger partial charge in [-0.1, -0.05) is 6.07 Å². The fourth-order valence-electron chi connectivity index (χ4n) is 5.16. The van der Waals surface area contributed by atoms with Crippen LogP contribution in [0.25, 0.3) is 0 Å². The second-order valence-electron chi connectivity index (χ2n) is 9.50. The number of nitrogens with one attached hydrogen (secondary N) is 3. The molecule has 4 heterocycles. The molecule has 210 valence electrons. The van der Waals surface area contributed by atoms with Crippen molar-refractivity contribution < 1.29 is 32.5 Å². The van der Waals surface area contributed by atoms with E-state index in [1.165, 1.54) is 18.5 Å². The number of halogens is 3. The summed E-state index contributed by atoms with van der Waals surface area (Å²) in [4.78, 5) is 21.0. The molecule has 0 atom stereocenters. The standard InChI is InChI=1S/C28H23F3N6O4/c29-28(30,31)25-22-9-8-21(26(25)37(22)10-12-40-13-11-37)36-27(39)35-17-4-6-20(7-5-17)41-24-15-23(32-16-33-24)34-18-2-1-3-19(38)14-18/h1-9,14-16H,10-13H2,(H3-,32,33,34,35,36,38,39)/p+1. The van der Waals surface area contributed by atoms with Crippen molar-refractivity contribution in [2.24, 2.45) is 0 Å². The highest BCUT2D eigenvalue weighted by Gasteiger charge is 2.59. The first-order valence-corrected chi connectivity index (χ1v) is 12.7. The average molecular weight is 566 g/mol. The Labute approximate surface area is 232 Å². The van der Waals surface area contributed by atoms with Crippen LogP contribution in [0.1, 0.15) is 5.56 Å². The Hall–Kier alpha value is -4.88. The SMILES string of the molecule is O=C(Nc1ccc(Oc2cc(Nc3cccc(O)c3)ncn2)cc1)Nc1ccc2c(C(F)(F)F)c1[N+]21CCOCC1. The molecule has 4 N–H and O–H groups in total. The van der Waals surface area contributed by atoms with Crippen molar-refractivity contribution >= 4 is 40.3 Å². The number of alkyl halides is 3. The highest BCUT2D eigenvalue weighted by Crippen LogP contribution is 2.61. The molecule has 1 saturated heterocycles. The first-order chi connectivity index (χ1) is 19.7. The predicted molar refractivity (Wildman–Crippen MR) is 146 cm³/mol. The van der Waals surface area contributed by atoms with Crippen molar-refractivity contribution in [3.8, 4) is 17.4 Å². The van der Waals surface area contributed by atoms with Crippen LogP contribution < -0.4 is 25.2 Å². The molecule has 3 aliphatic heterocycles. The van der Waals surface area contributed by atoms with Crippen LogP contribution in [0.15, 0.2) is 73.1 Å². The number of benzene rings is 3. The Morgan fingerprint density at radius 1 is 0.951 bits per heavy atom. The van der Waals surface area contributed by atoms with Gasteiger partial charge in [0.1, 0.15) is 42.4 Å². The molecule has 0 aliphatic carbocycles. The van der Waals surface area contributed by atoms with E-state index in [0.29, 0.717) is 49.2 Å². The van der Waals surface area contributed by atoms with Crippen molar-refractivity contribution in [2.45, 2.75) is 6.18 Å². The Morgan fingerprint density at radius 2 is 1.73 bits per heavy atom. The number of carbonyl (C=O) groups excluding carboxylic acids is 1. The largest absolute Gasteiger partial charge is 0.508 e. The van der Waals surface area contributed by atoms with E-state index in [1.807, 2.05) is 0 Å². The first kappa shape index (κ1) is 26.3. The maximum Gasteiger partial charge on any atom is 0.427 e. The van der Waals surface area contributed by atoms with Crippen molar-refractivity contribution in [1.82, 2.24) is 14.5 Å². The summed E-state index contributed by atoms with van der Waals surface area (Å²) in [5, 5.41) is 17.9. The average Bonchev–Trinajstić information content (AvgIpc) is 2.93. The number of carbonyl (C=O) groups is 1. The highest BCUT2D eigenvalue weighted by molar-refractivity contribution is 6.04. The van der Waals surface area contributed by atoms with Crippen LogP contribution in [0.5, 0.6) is 17.4 Å². The Morgan fingerprint density at radius 3 is 2.46 bits per heavy atom. The van der Waals surface area contributed by atoms with Gasteiger partial charge in [-0.2, -0.15) is 13.2 Å². The number of ether oxygens (including phenoxy) is 2. The molecular weight excluding hydrogens is 541 g/mol. The molecule has 0 radical (unpaired) electrons. The lowest BCUT2D eigenvalue weighted by Crippen LogP contribution is -2.58. The summed E-state index contributed by atoms with van der Waals surface area (Å²) in [6, 6.07) is 16.8. The number of hydrogen-bond acceptors (Lipinski definition) is 7. The second kappa shape index (κ2) is 10.3. The number of phenols is 1. The Bertz CT molecular complexity index is 1610. The van der Waals surface area contributed by atoms with Gasteiger partial charge in [0.2, 0.25) is 5.88 Å². The van der Waals surface area contributed by atoms with Crippen molar-refractivity contribution in [2.75, 3.05) is 42.3 Å². The molecule has 1 aromatic heterocycles. The van der Waals surface area contributed by atoms with Gasteiger partial charge in [0.15, 0.2) is 16.9 Å². The summed E-state index contributed by atoms with van der Waals surface area (Å²) in [5.74, 6) is 1.25. The summed E-state index contributed by atoms with van der Waals surface area (Å²) in [7, 11) is 0. The van der Waals surface area contributed by atoms with Crippen molar-refractivity contribution in [3.63, 3.8) is 0 Å². The van der Waals surface area contributed by atoms with Gasteiger partial charge < -0.3 is 30.5 Å². The van der Waals surface area contributed by atoms with Crippen LogP contribution in [-0.2, 0) is 10.9 Å². The fraction of sp³-hybridized carbons (Fsp3) is 0.179. The summed E-state index contributed by atoms with van der Waals surface area (Å²) in [6.07, 6.45) is -3.20. The molecule has 13 heteroatoms. The third kappa shape index (κ3) is 5.19. The van der Waals surface area contributed by atoms with Gasteiger partial charge in [0.05, 0.1) is 13.2 Å². The van der Waals surface area contributed by atoms with Crippen LogP contribution in [0.3, 0.4) is 0 Å². The number of aromatic hydroxyl groups is 1. The van der Waals surface area contributed by atoms with E-state index in [0.717, 1.165) is 0 Å². The number of morpholine rings is 1. The van der Waals surface area contributed by atoms with Crippen LogP contribution in [-0.4, -0.2) is 47.4 Å². The number of rotatable bonds is 6. The smallest absolute Gasteiger partial charge is 0.427 e. The maximum absolute atomic E-state index is 13.8. The molecule has 2 amide bonds. The molecule has 0 saturated carbocycles. The minimum absolute atomic E-state index is 0.0566. The molecule has 3 aromatic carbocycles. The third-order valence-electron chi connectivity index (χ3n) is 6.91. The van der Waals surface area contributed by atoms with Gasteiger partial charge in [-0.25, -0.2) is 14.8 Å². The van der Waals surface area contributed by atoms with Crippen LogP contribution in [0, 0.1) is 0 Å². The lowest BCUT2D eigenvalue weighted by atomic mass is 9.91. The first-order valence-electron chi connectivity index (χ1n) is 12.7. The highest BCUT2D eigenvalue weighted by atomic mass is 19.4. The molecule has 1 fully saturated rings. The number of fused-ring (bicyclic) bond motifs is 2. The predicted octanol–water partition coefficient (Wildman–Crippen LogP) is 6.36. The van der Waals surface area contributed by atoms with E-state index in [9.17, 15) is 23.1 Å². The quantitative estimate of drug-likeness (QED) is 0.201. The van der Waals surface area contributed by atoms with E-state index in [-0.39, 0.29) is 33.2 Å². The normalized spacial score (nSPS) is 15.1. The van der Waals surface area contributed by atoms with Crippen molar-refractivity contribution in [1.29, 1.82) is 0 Å². The third-order valence-corrected chi connectivity index (χ3v) is 6.91. The maximum atomic E-state index is 13.8. The molecule has 41 heavy (non-hydrogen) atoms. The molecule has 3 aliphatic rings. The number of aromatic nitrogens is 2. The fourth-order valence-corrected chi connectivity index (χ4v) is 5.16. The Balaban J connectivity index is 1.11. The van der Waals surface area contributed by atoms with Gasteiger partial charge in [0.25, 0.3) is 0 Å². The minimum Gasteiger partial charge on any atom is -0.508 e. The number of quaternary nitrogens is 1. The summed E-state index contributed by atoms with van der Waals surface area (Å²) < 4.78 is 52.7. The van der Waals surface area contributed by atoms with E-state index in [2.05, 4.69) is 25.9 Å². The number of amides is 2. The summed E-state index contributed by atoms with van der Waals surface area (Å²) in [5.41, 5.74) is 0.747. The van der Waals surface area contributed by atoms with Gasteiger partial charge in [-0.05, 0) is 42.5 Å². The zero-order valence-electron chi connectivity index (χ0n) is 21.4. The summed E-state index contributed by atoms with van der Waals surface area (Å²) in [6.45, 7) is 1.43. The van der Waals surface area contributed by atoms with Gasteiger partial charge in [-0.3, -0.25) is 4.48 Å². The monoisotopic (exact) mass is 565 g/mol. The van der Waals surface area contributed by atoms with Crippen molar-refractivity contribution in [3.05, 3.63) is 78.6 Å². The number of hydrogen-bond donors (Lipinski definition) is 4. The topological polar surface area (TPSA) is 118 Å². The van der Waals surface area contributed by atoms with E-state index in [4.69, 9.17) is 9.47 Å². The number of anilines is 4. The lowest BCUT2D eigenvalue weighted by molar-refractivity contribution is -0.141. The number of phenolic OH excluding ortho intramolecular Hbond substituents is 1. The second-order valence-corrected chi connectivity index (χ2v) is 9.50. The molecule has 7 rings (SSSR count). The summed E-state index contributed by atoms with van der Waals surface area (Å²) >= 11 is 0. The molecule has 1 spiro atoms. The van der Waals surface area contributed by atoms with Crippen LogP contribution in [0.4, 0.5) is 52.2 Å². The number of nitrogens with zero attached hydrogens (tertiary/aromatic N) is 3.